The lowest BCUT2D eigenvalue weighted by molar-refractivity contribution is -0.138. The van der Waals surface area contributed by atoms with Gasteiger partial charge in [0, 0.05) is 11.1 Å². The summed E-state index contributed by atoms with van der Waals surface area (Å²) in [5, 5.41) is 8.90. The number of hydrogen-bond acceptors (Lipinski definition) is 4. The normalized spacial score (nSPS) is 19.8. The molecule has 0 fully saturated rings. The van der Waals surface area contributed by atoms with Crippen LogP contribution in [0.25, 0.3) is 0 Å². The van der Waals surface area contributed by atoms with E-state index in [1.54, 1.807) is 17.1 Å². The molecule has 0 aromatic carbocycles. The van der Waals surface area contributed by atoms with Crippen LogP contribution in [0.15, 0.2) is 33.0 Å². The maximum Gasteiger partial charge on any atom is 0.349 e. The first-order valence-electron chi connectivity index (χ1n) is 4.50. The van der Waals surface area contributed by atoms with E-state index in [4.69, 9.17) is 10.00 Å². The number of hydrogen-bond donors (Lipinski definition) is 0. The number of nitriles is 1. The molecule has 0 bridgehead atoms. The van der Waals surface area contributed by atoms with Crippen LogP contribution in [0.2, 0.25) is 0 Å². The Hall–Kier alpha value is -1.42. The second-order valence-corrected chi connectivity index (χ2v) is 3.46. The minimum absolute atomic E-state index is 0.133. The molecule has 0 saturated heterocycles. The standard InChI is InChI=1S/C11H8INO3/c1-2-16-11(15)9(6-13)7-3-4-10(14)8(7)5-12/h3-5H,2H2,1H3/b8-5-,9-7-. The molecule has 0 atom stereocenters. The molecule has 0 aliphatic heterocycles. The number of nitrogens with zero attached hydrogens (tertiary/aromatic N) is 1. The highest BCUT2D eigenvalue weighted by molar-refractivity contribution is 14.1. The fraction of sp³-hybridized carbons (Fsp3) is 0.182. The van der Waals surface area contributed by atoms with Crippen molar-refractivity contribution >= 4 is 34.3 Å². The summed E-state index contributed by atoms with van der Waals surface area (Å²) in [6, 6.07) is 1.77. The van der Waals surface area contributed by atoms with Gasteiger partial charge in [-0.1, -0.05) is 22.6 Å². The number of esters is 1. The molecule has 1 aliphatic rings. The predicted molar refractivity (Wildman–Crippen MR) is 65.5 cm³/mol. The summed E-state index contributed by atoms with van der Waals surface area (Å²) >= 11 is 1.90. The Morgan fingerprint density at radius 3 is 2.81 bits per heavy atom. The van der Waals surface area contributed by atoms with Crippen LogP contribution in [-0.4, -0.2) is 18.4 Å². The third-order valence-corrected chi connectivity index (χ3v) is 2.55. The van der Waals surface area contributed by atoms with Crippen molar-refractivity contribution < 1.29 is 14.3 Å². The van der Waals surface area contributed by atoms with Gasteiger partial charge in [-0.25, -0.2) is 4.79 Å². The van der Waals surface area contributed by atoms with E-state index in [0.29, 0.717) is 11.1 Å². The fourth-order valence-corrected chi connectivity index (χ4v) is 1.86. The minimum atomic E-state index is -0.699. The van der Waals surface area contributed by atoms with Crippen LogP contribution in [0.4, 0.5) is 0 Å². The number of ether oxygens (including phenoxy) is 1. The highest BCUT2D eigenvalue weighted by Crippen LogP contribution is 2.25. The molecule has 0 aromatic rings. The van der Waals surface area contributed by atoms with Gasteiger partial charge < -0.3 is 4.74 Å². The lowest BCUT2D eigenvalue weighted by atomic mass is 10.0. The van der Waals surface area contributed by atoms with Crippen LogP contribution in [-0.2, 0) is 14.3 Å². The minimum Gasteiger partial charge on any atom is -0.462 e. The molecule has 0 amide bonds. The molecule has 0 N–H and O–H groups in total. The van der Waals surface area contributed by atoms with E-state index in [1.807, 2.05) is 22.6 Å². The van der Waals surface area contributed by atoms with E-state index in [9.17, 15) is 9.59 Å². The molecule has 5 heteroatoms. The average Bonchev–Trinajstić information content (AvgIpc) is 2.61. The second kappa shape index (κ2) is 5.61. The summed E-state index contributed by atoms with van der Waals surface area (Å²) in [6.07, 6.45) is 2.79. The van der Waals surface area contributed by atoms with Gasteiger partial charge >= 0.3 is 5.97 Å². The Morgan fingerprint density at radius 2 is 2.31 bits per heavy atom. The van der Waals surface area contributed by atoms with Gasteiger partial charge in [0.1, 0.15) is 11.6 Å². The topological polar surface area (TPSA) is 67.2 Å². The smallest absolute Gasteiger partial charge is 0.349 e. The molecule has 0 unspecified atom stereocenters. The van der Waals surface area contributed by atoms with Crippen LogP contribution < -0.4 is 0 Å². The maximum atomic E-state index is 11.5. The monoisotopic (exact) mass is 329 g/mol. The van der Waals surface area contributed by atoms with E-state index >= 15 is 0 Å². The van der Waals surface area contributed by atoms with Crippen molar-refractivity contribution in [2.45, 2.75) is 6.92 Å². The van der Waals surface area contributed by atoms with E-state index in [-0.39, 0.29) is 18.0 Å². The number of carbonyl (C=O) groups excluding carboxylic acids is 2. The van der Waals surface area contributed by atoms with Gasteiger partial charge in [0.25, 0.3) is 0 Å². The molecular weight excluding hydrogens is 321 g/mol. The van der Waals surface area contributed by atoms with Gasteiger partial charge in [-0.05, 0) is 23.2 Å². The van der Waals surface area contributed by atoms with Crippen molar-refractivity contribution in [2.75, 3.05) is 6.61 Å². The Balaban J connectivity index is 3.22. The van der Waals surface area contributed by atoms with Crippen molar-refractivity contribution in [2.24, 2.45) is 0 Å². The second-order valence-electron chi connectivity index (χ2n) is 2.84. The first kappa shape index (κ1) is 12.6. The summed E-state index contributed by atoms with van der Waals surface area (Å²) in [6.45, 7) is 1.85. The number of allylic oxidation sites excluding steroid dienone is 4. The van der Waals surface area contributed by atoms with Gasteiger partial charge in [0.15, 0.2) is 5.78 Å². The third kappa shape index (κ3) is 2.39. The van der Waals surface area contributed by atoms with Gasteiger partial charge in [0.05, 0.1) is 6.61 Å². The maximum absolute atomic E-state index is 11.5. The molecule has 0 aromatic heterocycles. The highest BCUT2D eigenvalue weighted by atomic mass is 127. The largest absolute Gasteiger partial charge is 0.462 e. The first-order chi connectivity index (χ1) is 7.65. The molecule has 4 nitrogen and oxygen atoms in total. The number of carbonyl (C=O) groups is 2. The first-order valence-corrected chi connectivity index (χ1v) is 5.74. The van der Waals surface area contributed by atoms with Crippen molar-refractivity contribution in [1.29, 1.82) is 5.26 Å². The van der Waals surface area contributed by atoms with E-state index in [0.717, 1.165) is 0 Å². The van der Waals surface area contributed by atoms with Gasteiger partial charge in [-0.3, -0.25) is 4.79 Å². The summed E-state index contributed by atoms with van der Waals surface area (Å²) in [5.41, 5.74) is 0.553. The average molecular weight is 329 g/mol. The number of halogens is 1. The summed E-state index contributed by atoms with van der Waals surface area (Å²) in [5.74, 6) is -0.906. The molecule has 0 heterocycles. The van der Waals surface area contributed by atoms with E-state index < -0.39 is 5.97 Å². The molecule has 0 spiro atoms. The zero-order valence-corrected chi connectivity index (χ0v) is 10.6. The van der Waals surface area contributed by atoms with Crippen molar-refractivity contribution in [1.82, 2.24) is 0 Å². The molecular formula is C11H8INO3. The van der Waals surface area contributed by atoms with Crippen LogP contribution >= 0.6 is 22.6 Å². The van der Waals surface area contributed by atoms with Gasteiger partial charge in [0.2, 0.25) is 0 Å². The van der Waals surface area contributed by atoms with Crippen LogP contribution in [0.3, 0.4) is 0 Å². The Bertz CT molecular complexity index is 466. The van der Waals surface area contributed by atoms with Crippen LogP contribution in [0, 0.1) is 11.3 Å². The van der Waals surface area contributed by atoms with Crippen molar-refractivity contribution in [3.05, 3.63) is 33.0 Å². The quantitative estimate of drug-likeness (QED) is 0.335. The number of rotatable bonds is 2. The molecule has 1 aliphatic carbocycles. The fourth-order valence-electron chi connectivity index (χ4n) is 1.22. The zero-order valence-electron chi connectivity index (χ0n) is 8.49. The molecule has 82 valence electrons. The Morgan fingerprint density at radius 1 is 1.62 bits per heavy atom. The summed E-state index contributed by atoms with van der Waals surface area (Å²) in [7, 11) is 0. The molecule has 0 saturated carbocycles. The lowest BCUT2D eigenvalue weighted by Crippen LogP contribution is -2.09. The van der Waals surface area contributed by atoms with Crippen LogP contribution in [0.5, 0.6) is 0 Å². The Kier molecular flexibility index (Phi) is 4.43. The molecule has 0 radical (unpaired) electrons. The Labute approximate surface area is 106 Å². The number of ketones is 1. The van der Waals surface area contributed by atoms with Crippen molar-refractivity contribution in [3.63, 3.8) is 0 Å². The lowest BCUT2D eigenvalue weighted by Gasteiger charge is -2.03. The summed E-state index contributed by atoms with van der Waals surface area (Å²) < 4.78 is 6.29. The van der Waals surface area contributed by atoms with Crippen LogP contribution in [0.1, 0.15) is 6.92 Å². The highest BCUT2D eigenvalue weighted by Gasteiger charge is 2.24. The zero-order chi connectivity index (χ0) is 12.1. The molecule has 16 heavy (non-hydrogen) atoms. The SMILES string of the molecule is CCOC(=O)/C(C#N)=C1/C=CC(=O)/C1=C\I. The third-order valence-electron chi connectivity index (χ3n) is 1.93. The van der Waals surface area contributed by atoms with E-state index in [1.165, 1.54) is 12.2 Å². The molecule has 1 rings (SSSR count). The van der Waals surface area contributed by atoms with Crippen molar-refractivity contribution in [3.8, 4) is 6.07 Å². The summed E-state index contributed by atoms with van der Waals surface area (Å²) in [4.78, 5) is 22.8. The van der Waals surface area contributed by atoms with Gasteiger partial charge in [-0.15, -0.1) is 0 Å². The predicted octanol–water partition coefficient (Wildman–Crippen LogP) is 1.83. The van der Waals surface area contributed by atoms with Gasteiger partial charge in [-0.2, -0.15) is 5.26 Å². The van der Waals surface area contributed by atoms with E-state index in [2.05, 4.69) is 0 Å².